The molecular formula is C9H18N2O. The smallest absolute Gasteiger partial charge is 0.223 e. The Morgan fingerprint density at radius 1 is 1.67 bits per heavy atom. The minimum atomic E-state index is 0.0336. The fourth-order valence-corrected chi connectivity index (χ4v) is 1.81. The molecule has 70 valence electrons. The van der Waals surface area contributed by atoms with E-state index in [2.05, 4.69) is 13.8 Å². The van der Waals surface area contributed by atoms with E-state index < -0.39 is 0 Å². The van der Waals surface area contributed by atoms with Crippen molar-refractivity contribution in [2.24, 2.45) is 17.1 Å². The summed E-state index contributed by atoms with van der Waals surface area (Å²) in [5, 5.41) is 0. The minimum Gasteiger partial charge on any atom is -0.345 e. The average molecular weight is 170 g/mol. The van der Waals surface area contributed by atoms with Crippen LogP contribution in [0.4, 0.5) is 0 Å². The molecule has 3 nitrogen and oxygen atoms in total. The number of hydrogen-bond donors (Lipinski definition) is 1. The van der Waals surface area contributed by atoms with Crippen LogP contribution in [-0.4, -0.2) is 30.9 Å². The van der Waals surface area contributed by atoms with E-state index in [4.69, 9.17) is 5.73 Å². The van der Waals surface area contributed by atoms with Gasteiger partial charge in [0.2, 0.25) is 5.91 Å². The molecule has 1 fully saturated rings. The first-order chi connectivity index (χ1) is 5.52. The Morgan fingerprint density at radius 3 is 2.42 bits per heavy atom. The highest BCUT2D eigenvalue weighted by molar-refractivity contribution is 5.79. The summed E-state index contributed by atoms with van der Waals surface area (Å²) in [6, 6.07) is 0. The van der Waals surface area contributed by atoms with Crippen LogP contribution >= 0.6 is 0 Å². The second-order valence-corrected chi connectivity index (χ2v) is 4.15. The first-order valence-corrected chi connectivity index (χ1v) is 4.46. The van der Waals surface area contributed by atoms with Gasteiger partial charge in [-0.15, -0.1) is 0 Å². The molecule has 1 rings (SSSR count). The normalized spacial score (nSPS) is 30.4. The highest BCUT2D eigenvalue weighted by atomic mass is 16.2. The van der Waals surface area contributed by atoms with Gasteiger partial charge in [0, 0.05) is 32.0 Å². The number of carbonyl (C=O) groups excluding carboxylic acids is 1. The maximum atomic E-state index is 11.3. The third-order valence-electron chi connectivity index (χ3n) is 3.11. The summed E-state index contributed by atoms with van der Waals surface area (Å²) in [4.78, 5) is 13.1. The molecule has 1 aliphatic heterocycles. The van der Waals surface area contributed by atoms with Crippen molar-refractivity contribution in [2.45, 2.75) is 20.3 Å². The Bertz CT molecular complexity index is 191. The van der Waals surface area contributed by atoms with Gasteiger partial charge in [-0.3, -0.25) is 4.79 Å². The first kappa shape index (κ1) is 9.52. The fourth-order valence-electron chi connectivity index (χ4n) is 1.81. The molecule has 0 spiro atoms. The highest BCUT2D eigenvalue weighted by Gasteiger charge is 2.42. The van der Waals surface area contributed by atoms with Crippen molar-refractivity contribution in [2.75, 3.05) is 20.1 Å². The van der Waals surface area contributed by atoms with E-state index in [-0.39, 0.29) is 11.3 Å². The molecular weight excluding hydrogens is 152 g/mol. The lowest BCUT2D eigenvalue weighted by molar-refractivity contribution is -0.126. The Hall–Kier alpha value is -0.570. The molecule has 3 heteroatoms. The first-order valence-electron chi connectivity index (χ1n) is 4.46. The highest BCUT2D eigenvalue weighted by Crippen LogP contribution is 2.36. The zero-order chi connectivity index (χ0) is 9.35. The van der Waals surface area contributed by atoms with Gasteiger partial charge in [-0.2, -0.15) is 0 Å². The van der Waals surface area contributed by atoms with E-state index in [9.17, 15) is 4.79 Å². The molecule has 1 saturated heterocycles. The lowest BCUT2D eigenvalue weighted by Crippen LogP contribution is -2.37. The van der Waals surface area contributed by atoms with E-state index in [1.54, 1.807) is 4.90 Å². The van der Waals surface area contributed by atoms with Crippen LogP contribution in [0.1, 0.15) is 20.3 Å². The quantitative estimate of drug-likeness (QED) is 0.654. The maximum Gasteiger partial charge on any atom is 0.223 e. The fraction of sp³-hybridized carbons (Fsp3) is 0.889. The van der Waals surface area contributed by atoms with Crippen molar-refractivity contribution in [3.05, 3.63) is 0 Å². The third kappa shape index (κ3) is 1.33. The molecule has 0 saturated carbocycles. The van der Waals surface area contributed by atoms with Crippen molar-refractivity contribution >= 4 is 5.91 Å². The number of rotatable bonds is 2. The Morgan fingerprint density at radius 2 is 2.25 bits per heavy atom. The van der Waals surface area contributed by atoms with Crippen molar-refractivity contribution in [1.82, 2.24) is 4.90 Å². The van der Waals surface area contributed by atoms with Crippen LogP contribution in [0.15, 0.2) is 0 Å². The molecule has 0 aliphatic carbocycles. The molecule has 2 N–H and O–H groups in total. The Labute approximate surface area is 73.9 Å². The second kappa shape index (κ2) is 3.05. The number of likely N-dealkylation sites (tertiary alicyclic amines) is 1. The second-order valence-electron chi connectivity index (χ2n) is 4.15. The van der Waals surface area contributed by atoms with Crippen LogP contribution in [0, 0.1) is 11.3 Å². The maximum absolute atomic E-state index is 11.3. The van der Waals surface area contributed by atoms with E-state index in [1.165, 1.54) is 0 Å². The van der Waals surface area contributed by atoms with Gasteiger partial charge >= 0.3 is 0 Å². The van der Waals surface area contributed by atoms with Crippen molar-refractivity contribution in [3.63, 3.8) is 0 Å². The van der Waals surface area contributed by atoms with Gasteiger partial charge in [0.05, 0.1) is 0 Å². The SMILES string of the molecule is CC(C)C1(CN)CC(=O)N(C)C1. The summed E-state index contributed by atoms with van der Waals surface area (Å²) >= 11 is 0. The summed E-state index contributed by atoms with van der Waals surface area (Å²) in [5.41, 5.74) is 5.75. The van der Waals surface area contributed by atoms with Gasteiger partial charge in [-0.1, -0.05) is 13.8 Å². The molecule has 0 radical (unpaired) electrons. The van der Waals surface area contributed by atoms with Crippen LogP contribution in [0.25, 0.3) is 0 Å². The average Bonchev–Trinajstić information content (AvgIpc) is 2.29. The number of nitrogens with zero attached hydrogens (tertiary/aromatic N) is 1. The Balaban J connectivity index is 2.78. The topological polar surface area (TPSA) is 46.3 Å². The standard InChI is InChI=1S/C9H18N2O/c1-7(2)9(5-10)4-8(12)11(3)6-9/h7H,4-6,10H2,1-3H3. The third-order valence-corrected chi connectivity index (χ3v) is 3.11. The number of amides is 1. The predicted molar refractivity (Wildman–Crippen MR) is 48.6 cm³/mol. The van der Waals surface area contributed by atoms with Gasteiger partial charge in [0.15, 0.2) is 0 Å². The van der Waals surface area contributed by atoms with Crippen LogP contribution in [0.3, 0.4) is 0 Å². The molecule has 12 heavy (non-hydrogen) atoms. The summed E-state index contributed by atoms with van der Waals surface area (Å²) in [5.74, 6) is 0.713. The van der Waals surface area contributed by atoms with E-state index in [1.807, 2.05) is 7.05 Å². The zero-order valence-electron chi connectivity index (χ0n) is 8.13. The Kier molecular flexibility index (Phi) is 2.42. The zero-order valence-corrected chi connectivity index (χ0v) is 8.13. The van der Waals surface area contributed by atoms with Crippen LogP contribution in [-0.2, 0) is 4.79 Å². The largest absolute Gasteiger partial charge is 0.345 e. The summed E-state index contributed by atoms with van der Waals surface area (Å²) in [6.07, 6.45) is 0.623. The van der Waals surface area contributed by atoms with Crippen molar-refractivity contribution in [1.29, 1.82) is 0 Å². The number of hydrogen-bond acceptors (Lipinski definition) is 2. The van der Waals surface area contributed by atoms with E-state index in [0.29, 0.717) is 18.9 Å². The summed E-state index contributed by atoms with van der Waals surface area (Å²) in [6.45, 7) is 5.71. The number of nitrogens with two attached hydrogens (primary N) is 1. The van der Waals surface area contributed by atoms with Crippen LogP contribution < -0.4 is 5.73 Å². The predicted octanol–water partition coefficient (Wildman–Crippen LogP) is 0.450. The monoisotopic (exact) mass is 170 g/mol. The summed E-state index contributed by atoms with van der Waals surface area (Å²) < 4.78 is 0. The van der Waals surface area contributed by atoms with Gasteiger partial charge in [-0.05, 0) is 5.92 Å². The molecule has 0 aromatic rings. The van der Waals surface area contributed by atoms with Gasteiger partial charge < -0.3 is 10.6 Å². The molecule has 1 aliphatic rings. The molecule has 0 bridgehead atoms. The van der Waals surface area contributed by atoms with E-state index >= 15 is 0 Å². The van der Waals surface area contributed by atoms with Crippen LogP contribution in [0.5, 0.6) is 0 Å². The lowest BCUT2D eigenvalue weighted by atomic mass is 9.76. The minimum absolute atomic E-state index is 0.0336. The van der Waals surface area contributed by atoms with Crippen molar-refractivity contribution in [3.8, 4) is 0 Å². The number of carbonyl (C=O) groups is 1. The molecule has 0 aromatic heterocycles. The lowest BCUT2D eigenvalue weighted by Gasteiger charge is -2.30. The molecule has 1 unspecified atom stereocenters. The van der Waals surface area contributed by atoms with Crippen LogP contribution in [0.2, 0.25) is 0 Å². The van der Waals surface area contributed by atoms with Gasteiger partial charge in [-0.25, -0.2) is 0 Å². The van der Waals surface area contributed by atoms with Crippen molar-refractivity contribution < 1.29 is 4.79 Å². The molecule has 0 aromatic carbocycles. The van der Waals surface area contributed by atoms with Gasteiger partial charge in [0.25, 0.3) is 0 Å². The van der Waals surface area contributed by atoms with Gasteiger partial charge in [0.1, 0.15) is 0 Å². The molecule has 1 atom stereocenters. The summed E-state index contributed by atoms with van der Waals surface area (Å²) in [7, 11) is 1.85. The molecule has 1 amide bonds. The molecule has 1 heterocycles. The van der Waals surface area contributed by atoms with E-state index in [0.717, 1.165) is 6.54 Å².